The Balaban J connectivity index is 1.73. The molecule has 1 N–H and O–H groups in total. The second kappa shape index (κ2) is 9.15. The van der Waals surface area contributed by atoms with E-state index in [0.29, 0.717) is 11.8 Å². The van der Waals surface area contributed by atoms with Crippen molar-refractivity contribution in [1.82, 2.24) is 0 Å². The maximum absolute atomic E-state index is 10.3. The van der Waals surface area contributed by atoms with Gasteiger partial charge in [-0.15, -0.1) is 0 Å². The fourth-order valence-corrected chi connectivity index (χ4v) is 6.57. The Kier molecular flexibility index (Phi) is 6.64. The van der Waals surface area contributed by atoms with Crippen molar-refractivity contribution in [3.63, 3.8) is 0 Å². The molecule has 3 saturated carbocycles. The summed E-state index contributed by atoms with van der Waals surface area (Å²) < 4.78 is 10.3. The predicted octanol–water partition coefficient (Wildman–Crippen LogP) is 8.39. The summed E-state index contributed by atoms with van der Waals surface area (Å²) in [6.07, 6.45) is 20.5. The van der Waals surface area contributed by atoms with Gasteiger partial charge in [-0.05, 0) is 73.0 Å². The largest absolute Gasteiger partial charge is 0.325 e. The van der Waals surface area contributed by atoms with E-state index in [2.05, 4.69) is 12.1 Å². The molecule has 0 atom stereocenters. The molecule has 0 heterocycles. The molecular weight excluding hydrogens is 336 g/mol. The molecule has 26 heavy (non-hydrogen) atoms. The summed E-state index contributed by atoms with van der Waals surface area (Å²) in [6, 6.07) is 5.08. The van der Waals surface area contributed by atoms with E-state index in [1.165, 1.54) is 112 Å². The van der Waals surface area contributed by atoms with Crippen LogP contribution in [-0.4, -0.2) is 4.55 Å². The lowest BCUT2D eigenvalue weighted by atomic mass is 9.76. The summed E-state index contributed by atoms with van der Waals surface area (Å²) in [5.41, 5.74) is 4.64. The first kappa shape index (κ1) is 18.9. The Labute approximate surface area is 164 Å². The molecule has 0 spiro atoms. The van der Waals surface area contributed by atoms with Crippen LogP contribution in [0.4, 0.5) is 0 Å². The Morgan fingerprint density at radius 2 is 0.962 bits per heavy atom. The fourth-order valence-electron chi connectivity index (χ4n) is 5.91. The fraction of sp³-hybridized carbons (Fsp3) is 0.750. The molecule has 0 bridgehead atoms. The minimum Gasteiger partial charge on any atom is -0.325 e. The quantitative estimate of drug-likeness (QED) is 0.535. The van der Waals surface area contributed by atoms with Gasteiger partial charge in [0.2, 0.25) is 0 Å². The summed E-state index contributed by atoms with van der Waals surface area (Å²) in [5.74, 6) is 2.14. The van der Waals surface area contributed by atoms with Gasteiger partial charge in [-0.1, -0.05) is 69.9 Å². The third kappa shape index (κ3) is 4.17. The second-order valence-electron chi connectivity index (χ2n) is 9.12. The molecule has 0 aromatic heterocycles. The highest BCUT2D eigenvalue weighted by molar-refractivity contribution is 7.93. The summed E-state index contributed by atoms with van der Waals surface area (Å²) in [7, 11) is 0. The highest BCUT2D eigenvalue weighted by Crippen LogP contribution is 2.46. The molecule has 0 saturated heterocycles. The maximum Gasteiger partial charge on any atom is 0.0420 e. The molecule has 0 radical (unpaired) electrons. The third-order valence-corrected chi connectivity index (χ3v) is 8.08. The van der Waals surface area contributed by atoms with Gasteiger partial charge in [0.15, 0.2) is 0 Å². The first-order valence-electron chi connectivity index (χ1n) is 11.4. The predicted molar refractivity (Wildman–Crippen MR) is 112 cm³/mol. The molecule has 3 aliphatic carbocycles. The monoisotopic (exact) mass is 372 g/mol. The van der Waals surface area contributed by atoms with Crippen molar-refractivity contribution in [2.24, 2.45) is 0 Å². The van der Waals surface area contributed by atoms with E-state index in [-0.39, 0.29) is 0 Å². The van der Waals surface area contributed by atoms with E-state index >= 15 is 0 Å². The van der Waals surface area contributed by atoms with Gasteiger partial charge in [-0.3, -0.25) is 0 Å². The molecule has 3 aliphatic rings. The standard InChI is InChI=1S/C24H36OS/c25-26-24-22(19-12-6-2-7-13-19)16-21(18-10-4-1-5-11-18)17-23(24)20-14-8-3-9-15-20/h16-20,25H,1-15H2. The molecule has 1 nitrogen and oxygen atoms in total. The van der Waals surface area contributed by atoms with Gasteiger partial charge < -0.3 is 4.55 Å². The topological polar surface area (TPSA) is 20.2 Å². The lowest BCUT2D eigenvalue weighted by Gasteiger charge is -2.31. The number of hydrogen-bond acceptors (Lipinski definition) is 2. The number of rotatable bonds is 4. The molecule has 0 aliphatic heterocycles. The van der Waals surface area contributed by atoms with Gasteiger partial charge in [-0.2, -0.15) is 0 Å². The van der Waals surface area contributed by atoms with Crippen LogP contribution in [0.3, 0.4) is 0 Å². The van der Waals surface area contributed by atoms with Crippen molar-refractivity contribution >= 4 is 12.0 Å². The van der Waals surface area contributed by atoms with Crippen molar-refractivity contribution in [2.45, 2.75) is 119 Å². The third-order valence-electron chi connectivity index (χ3n) is 7.43. The maximum atomic E-state index is 10.3. The van der Waals surface area contributed by atoms with Crippen LogP contribution < -0.4 is 0 Å². The minimum absolute atomic E-state index is 0.685. The highest BCUT2D eigenvalue weighted by atomic mass is 32.2. The Morgan fingerprint density at radius 1 is 0.577 bits per heavy atom. The molecule has 3 fully saturated rings. The van der Waals surface area contributed by atoms with Crippen LogP contribution in [0.5, 0.6) is 0 Å². The van der Waals surface area contributed by atoms with Gasteiger partial charge in [0, 0.05) is 16.9 Å². The normalized spacial score (nSPS) is 24.0. The smallest absolute Gasteiger partial charge is 0.0420 e. The molecule has 4 rings (SSSR count). The van der Waals surface area contributed by atoms with Crippen LogP contribution in [0.25, 0.3) is 0 Å². The van der Waals surface area contributed by atoms with E-state index in [1.54, 1.807) is 5.56 Å². The molecule has 2 heteroatoms. The average Bonchev–Trinajstić information content (AvgIpc) is 2.74. The lowest BCUT2D eigenvalue weighted by molar-refractivity contribution is 0.420. The zero-order chi connectivity index (χ0) is 17.8. The summed E-state index contributed by atoms with van der Waals surface area (Å²) >= 11 is 1.06. The molecule has 0 unspecified atom stereocenters. The van der Waals surface area contributed by atoms with Crippen molar-refractivity contribution in [2.75, 3.05) is 0 Å². The Hall–Kier alpha value is -0.470. The zero-order valence-electron chi connectivity index (χ0n) is 16.3. The lowest BCUT2D eigenvalue weighted by Crippen LogP contribution is -2.13. The summed E-state index contributed by atoms with van der Waals surface area (Å²) in [6.45, 7) is 0. The van der Waals surface area contributed by atoms with Gasteiger partial charge >= 0.3 is 0 Å². The SMILES string of the molecule is OSc1c(C2CCCCC2)cc(C2CCCCC2)cc1C1CCCCC1. The first-order valence-corrected chi connectivity index (χ1v) is 12.1. The van der Waals surface area contributed by atoms with Gasteiger partial charge in [0.05, 0.1) is 0 Å². The van der Waals surface area contributed by atoms with Crippen molar-refractivity contribution < 1.29 is 4.55 Å². The summed E-state index contributed by atoms with van der Waals surface area (Å²) in [4.78, 5) is 1.25. The molecular formula is C24H36OS. The molecule has 1 aromatic rings. The first-order chi connectivity index (χ1) is 12.9. The van der Waals surface area contributed by atoms with Gasteiger partial charge in [0.1, 0.15) is 0 Å². The zero-order valence-corrected chi connectivity index (χ0v) is 17.2. The van der Waals surface area contributed by atoms with Crippen molar-refractivity contribution in [3.8, 4) is 0 Å². The molecule has 0 amide bonds. The average molecular weight is 373 g/mol. The number of hydrogen-bond donors (Lipinski definition) is 1. The second-order valence-corrected chi connectivity index (χ2v) is 9.72. The van der Waals surface area contributed by atoms with Gasteiger partial charge in [-0.25, -0.2) is 0 Å². The van der Waals surface area contributed by atoms with E-state index < -0.39 is 0 Å². The minimum atomic E-state index is 0.685. The van der Waals surface area contributed by atoms with Crippen LogP contribution in [0.1, 0.15) is 131 Å². The molecule has 144 valence electrons. The molecule has 1 aromatic carbocycles. The Bertz CT molecular complexity index is 539. The highest BCUT2D eigenvalue weighted by Gasteiger charge is 2.27. The summed E-state index contributed by atoms with van der Waals surface area (Å²) in [5, 5.41) is 0. The number of benzene rings is 1. The van der Waals surface area contributed by atoms with Crippen LogP contribution in [-0.2, 0) is 0 Å². The van der Waals surface area contributed by atoms with Crippen LogP contribution in [0.2, 0.25) is 0 Å². The van der Waals surface area contributed by atoms with Crippen LogP contribution in [0.15, 0.2) is 17.0 Å². The van der Waals surface area contributed by atoms with E-state index in [1.807, 2.05) is 0 Å². The van der Waals surface area contributed by atoms with E-state index in [9.17, 15) is 4.55 Å². The van der Waals surface area contributed by atoms with Crippen LogP contribution in [0, 0.1) is 0 Å². The van der Waals surface area contributed by atoms with Crippen LogP contribution >= 0.6 is 12.0 Å². The van der Waals surface area contributed by atoms with Crippen molar-refractivity contribution in [1.29, 1.82) is 0 Å². The van der Waals surface area contributed by atoms with Gasteiger partial charge in [0.25, 0.3) is 0 Å². The Morgan fingerprint density at radius 3 is 1.35 bits per heavy atom. The van der Waals surface area contributed by atoms with Crippen molar-refractivity contribution in [3.05, 3.63) is 28.8 Å². The van der Waals surface area contributed by atoms with E-state index in [4.69, 9.17) is 0 Å². The van der Waals surface area contributed by atoms with E-state index in [0.717, 1.165) is 18.0 Å².